The number of carboxylic acid groups (broad SMARTS) is 1. The number of benzene rings is 1. The summed E-state index contributed by atoms with van der Waals surface area (Å²) in [5, 5.41) is 13.0. The van der Waals surface area contributed by atoms with Crippen LogP contribution in [0, 0.1) is 0 Å². The van der Waals surface area contributed by atoms with Crippen molar-refractivity contribution in [1.29, 1.82) is 0 Å². The van der Waals surface area contributed by atoms with Gasteiger partial charge in [0.25, 0.3) is 0 Å². The van der Waals surface area contributed by atoms with Gasteiger partial charge < -0.3 is 9.63 Å². The molecule has 0 aliphatic carbocycles. The summed E-state index contributed by atoms with van der Waals surface area (Å²) in [6, 6.07) is 7.46. The molecular weight excluding hydrogens is 288 g/mol. The fourth-order valence-corrected chi connectivity index (χ4v) is 2.23. The first-order chi connectivity index (χ1) is 9.15. The Hall–Kier alpha value is -1.53. The molecule has 19 heavy (non-hydrogen) atoms. The van der Waals surface area contributed by atoms with Gasteiger partial charge in [-0.25, -0.2) is 0 Å². The van der Waals surface area contributed by atoms with Gasteiger partial charge in [-0.15, -0.1) is 11.8 Å². The van der Waals surface area contributed by atoms with Gasteiger partial charge in [0.15, 0.2) is 5.82 Å². The van der Waals surface area contributed by atoms with Gasteiger partial charge >= 0.3 is 5.97 Å². The van der Waals surface area contributed by atoms with Crippen molar-refractivity contribution in [2.24, 2.45) is 0 Å². The monoisotopic (exact) mass is 298 g/mol. The van der Waals surface area contributed by atoms with E-state index < -0.39 is 5.97 Å². The average Bonchev–Trinajstić information content (AvgIpc) is 2.79. The smallest absolute Gasteiger partial charge is 0.313 e. The molecular formula is C12H11ClN2O3S. The van der Waals surface area contributed by atoms with E-state index in [0.717, 1.165) is 5.56 Å². The van der Waals surface area contributed by atoms with Crippen LogP contribution in [0.25, 0.3) is 0 Å². The van der Waals surface area contributed by atoms with Crippen LogP contribution in [0.15, 0.2) is 28.8 Å². The topological polar surface area (TPSA) is 76.2 Å². The number of carboxylic acids is 1. The Kier molecular flexibility index (Phi) is 4.81. The number of hydrogen-bond donors (Lipinski definition) is 1. The van der Waals surface area contributed by atoms with E-state index in [2.05, 4.69) is 10.1 Å². The van der Waals surface area contributed by atoms with Crippen LogP contribution in [0.4, 0.5) is 0 Å². The molecule has 100 valence electrons. The van der Waals surface area contributed by atoms with E-state index in [9.17, 15) is 4.79 Å². The highest BCUT2D eigenvalue weighted by atomic mass is 35.5. The van der Waals surface area contributed by atoms with Gasteiger partial charge in [-0.1, -0.05) is 35.0 Å². The summed E-state index contributed by atoms with van der Waals surface area (Å²) in [5.41, 5.74) is 0.926. The molecule has 1 aromatic heterocycles. The SMILES string of the molecule is O=C(O)CSCc1nc(Cc2ccccc2Cl)no1. The number of aliphatic carboxylic acids is 1. The zero-order valence-electron chi connectivity index (χ0n) is 9.88. The van der Waals surface area contributed by atoms with Gasteiger partial charge in [0.05, 0.1) is 11.5 Å². The lowest BCUT2D eigenvalue weighted by molar-refractivity contribution is -0.133. The average molecular weight is 299 g/mol. The van der Waals surface area contributed by atoms with Crippen molar-refractivity contribution in [2.75, 3.05) is 5.75 Å². The molecule has 0 spiro atoms. The van der Waals surface area contributed by atoms with Gasteiger partial charge in [0.2, 0.25) is 5.89 Å². The molecule has 0 unspecified atom stereocenters. The molecule has 2 rings (SSSR count). The minimum Gasteiger partial charge on any atom is -0.481 e. The zero-order chi connectivity index (χ0) is 13.7. The van der Waals surface area contributed by atoms with Crippen molar-refractivity contribution in [1.82, 2.24) is 10.1 Å². The fourth-order valence-electron chi connectivity index (χ4n) is 1.46. The third-order valence-electron chi connectivity index (χ3n) is 2.27. The van der Waals surface area contributed by atoms with Crippen molar-refractivity contribution in [3.63, 3.8) is 0 Å². The summed E-state index contributed by atoms with van der Waals surface area (Å²) < 4.78 is 5.04. The standard InChI is InChI=1S/C12H11ClN2O3S/c13-9-4-2-1-3-8(9)5-10-14-11(18-15-10)6-19-7-12(16)17/h1-4H,5-7H2,(H,16,17). The van der Waals surface area contributed by atoms with E-state index in [1.807, 2.05) is 18.2 Å². The molecule has 1 heterocycles. The Labute approximate surface area is 119 Å². The molecule has 0 aliphatic heterocycles. The molecule has 1 aromatic carbocycles. The second-order valence-electron chi connectivity index (χ2n) is 3.76. The minimum atomic E-state index is -0.860. The number of thioether (sulfide) groups is 1. The molecule has 0 fully saturated rings. The predicted octanol–water partition coefficient (Wildman–Crippen LogP) is 2.63. The molecule has 5 nitrogen and oxygen atoms in total. The van der Waals surface area contributed by atoms with Crippen LogP contribution in [0.2, 0.25) is 5.02 Å². The minimum absolute atomic E-state index is 0.0161. The van der Waals surface area contributed by atoms with Crippen LogP contribution < -0.4 is 0 Å². The van der Waals surface area contributed by atoms with Crippen LogP contribution in [0.3, 0.4) is 0 Å². The summed E-state index contributed by atoms with van der Waals surface area (Å²) in [5.74, 6) is 0.512. The fraction of sp³-hybridized carbons (Fsp3) is 0.250. The van der Waals surface area contributed by atoms with Crippen molar-refractivity contribution >= 4 is 29.3 Å². The van der Waals surface area contributed by atoms with Crippen molar-refractivity contribution in [2.45, 2.75) is 12.2 Å². The summed E-state index contributed by atoms with van der Waals surface area (Å²) in [7, 11) is 0. The number of rotatable bonds is 6. The van der Waals surface area contributed by atoms with Crippen LogP contribution in [-0.4, -0.2) is 27.0 Å². The van der Waals surface area contributed by atoms with E-state index in [1.54, 1.807) is 6.07 Å². The first-order valence-corrected chi connectivity index (χ1v) is 7.03. The summed E-state index contributed by atoms with van der Waals surface area (Å²) in [6.45, 7) is 0. The first kappa shape index (κ1) is 13.9. The Morgan fingerprint density at radius 2 is 2.21 bits per heavy atom. The van der Waals surface area contributed by atoms with Crippen molar-refractivity contribution in [3.05, 3.63) is 46.6 Å². The zero-order valence-corrected chi connectivity index (χ0v) is 11.4. The Balaban J connectivity index is 1.94. The normalized spacial score (nSPS) is 10.6. The maximum absolute atomic E-state index is 10.4. The lowest BCUT2D eigenvalue weighted by Crippen LogP contribution is -1.98. The number of aromatic nitrogens is 2. The third kappa shape index (κ3) is 4.25. The molecule has 0 saturated carbocycles. The second-order valence-corrected chi connectivity index (χ2v) is 5.15. The molecule has 0 saturated heterocycles. The van der Waals surface area contributed by atoms with Gasteiger partial charge in [0, 0.05) is 11.4 Å². The summed E-state index contributed by atoms with van der Waals surface area (Å²) >= 11 is 7.26. The predicted molar refractivity (Wildman–Crippen MR) is 72.4 cm³/mol. The molecule has 0 bridgehead atoms. The summed E-state index contributed by atoms with van der Waals surface area (Å²) in [6.07, 6.45) is 0.493. The highest BCUT2D eigenvalue weighted by Gasteiger charge is 2.09. The maximum Gasteiger partial charge on any atom is 0.313 e. The number of carbonyl (C=O) groups is 1. The second kappa shape index (κ2) is 6.58. The molecule has 1 N–H and O–H groups in total. The van der Waals surface area contributed by atoms with Gasteiger partial charge in [-0.05, 0) is 11.6 Å². The highest BCUT2D eigenvalue weighted by Crippen LogP contribution is 2.18. The largest absolute Gasteiger partial charge is 0.481 e. The molecule has 0 radical (unpaired) electrons. The van der Waals surface area contributed by atoms with E-state index >= 15 is 0 Å². The van der Waals surface area contributed by atoms with E-state index in [4.69, 9.17) is 21.2 Å². The van der Waals surface area contributed by atoms with Crippen LogP contribution >= 0.6 is 23.4 Å². The van der Waals surface area contributed by atoms with Gasteiger partial charge in [-0.2, -0.15) is 4.98 Å². The van der Waals surface area contributed by atoms with E-state index in [1.165, 1.54) is 11.8 Å². The Morgan fingerprint density at radius 1 is 1.42 bits per heavy atom. The Bertz CT molecular complexity index is 574. The van der Waals surface area contributed by atoms with E-state index in [-0.39, 0.29) is 5.75 Å². The number of hydrogen-bond acceptors (Lipinski definition) is 5. The molecule has 2 aromatic rings. The van der Waals surface area contributed by atoms with Crippen LogP contribution in [-0.2, 0) is 17.0 Å². The van der Waals surface area contributed by atoms with Crippen molar-refractivity contribution < 1.29 is 14.4 Å². The number of halogens is 1. The quantitative estimate of drug-likeness (QED) is 0.883. The maximum atomic E-state index is 10.4. The first-order valence-electron chi connectivity index (χ1n) is 5.49. The molecule has 7 heteroatoms. The number of nitrogens with zero attached hydrogens (tertiary/aromatic N) is 2. The highest BCUT2D eigenvalue weighted by molar-refractivity contribution is 7.99. The van der Waals surface area contributed by atoms with Crippen LogP contribution in [0.1, 0.15) is 17.3 Å². The summed E-state index contributed by atoms with van der Waals surface area (Å²) in [4.78, 5) is 14.6. The molecule has 0 amide bonds. The van der Waals surface area contributed by atoms with Crippen molar-refractivity contribution in [3.8, 4) is 0 Å². The molecule has 0 atom stereocenters. The lowest BCUT2D eigenvalue weighted by atomic mass is 10.1. The van der Waals surface area contributed by atoms with E-state index in [0.29, 0.717) is 28.9 Å². The van der Waals surface area contributed by atoms with Gasteiger partial charge in [0.1, 0.15) is 0 Å². The lowest BCUT2D eigenvalue weighted by Gasteiger charge is -1.98. The van der Waals surface area contributed by atoms with Crippen LogP contribution in [0.5, 0.6) is 0 Å². The molecule has 0 aliphatic rings. The third-order valence-corrected chi connectivity index (χ3v) is 3.54. The Morgan fingerprint density at radius 3 is 2.95 bits per heavy atom. The van der Waals surface area contributed by atoms with Gasteiger partial charge in [-0.3, -0.25) is 4.79 Å².